The summed E-state index contributed by atoms with van der Waals surface area (Å²) in [5, 5.41) is 3.39. The highest BCUT2D eigenvalue weighted by Crippen LogP contribution is 2.25. The Bertz CT molecular complexity index is 266. The van der Waals surface area contributed by atoms with E-state index in [9.17, 15) is 4.79 Å². The molecule has 0 saturated heterocycles. The molecule has 0 aromatic rings. The molecule has 0 aromatic carbocycles. The second-order valence-electron chi connectivity index (χ2n) is 5.88. The van der Waals surface area contributed by atoms with E-state index >= 15 is 0 Å². The van der Waals surface area contributed by atoms with E-state index in [1.54, 1.807) is 0 Å². The second kappa shape index (κ2) is 7.10. The summed E-state index contributed by atoms with van der Waals surface area (Å²) in [5.41, 5.74) is 5.02. The van der Waals surface area contributed by atoms with Crippen molar-refractivity contribution < 1.29 is 4.79 Å². The number of amides is 1. The van der Waals surface area contributed by atoms with Gasteiger partial charge in [0.15, 0.2) is 0 Å². The van der Waals surface area contributed by atoms with Crippen LogP contribution in [0.2, 0.25) is 0 Å². The molecule has 1 rings (SSSR count). The largest absolute Gasteiger partial charge is 0.368 e. The van der Waals surface area contributed by atoms with Gasteiger partial charge in [0.1, 0.15) is 0 Å². The Labute approximate surface area is 111 Å². The molecule has 0 bridgehead atoms. The van der Waals surface area contributed by atoms with Gasteiger partial charge in [-0.05, 0) is 65.6 Å². The molecule has 1 amide bonds. The first kappa shape index (κ1) is 15.4. The van der Waals surface area contributed by atoms with Crippen LogP contribution in [0.25, 0.3) is 0 Å². The number of primary amides is 1. The minimum atomic E-state index is -0.509. The summed E-state index contributed by atoms with van der Waals surface area (Å²) in [4.78, 5) is 13.9. The molecule has 0 spiro atoms. The molecule has 1 fully saturated rings. The predicted octanol–water partition coefficient (Wildman–Crippen LogP) is 1.49. The predicted molar refractivity (Wildman–Crippen MR) is 75.4 cm³/mol. The molecule has 1 saturated carbocycles. The molecule has 3 N–H and O–H groups in total. The number of rotatable bonds is 10. The molecule has 1 aliphatic carbocycles. The van der Waals surface area contributed by atoms with E-state index in [2.05, 4.69) is 24.2 Å². The van der Waals surface area contributed by atoms with Gasteiger partial charge in [0.2, 0.25) is 5.91 Å². The van der Waals surface area contributed by atoms with Gasteiger partial charge in [0.05, 0.1) is 5.54 Å². The van der Waals surface area contributed by atoms with Gasteiger partial charge in [0.25, 0.3) is 0 Å². The van der Waals surface area contributed by atoms with Gasteiger partial charge in [-0.1, -0.05) is 6.92 Å². The molecule has 0 radical (unpaired) electrons. The number of hydrogen-bond acceptors (Lipinski definition) is 3. The van der Waals surface area contributed by atoms with Gasteiger partial charge >= 0.3 is 0 Å². The molecule has 4 nitrogen and oxygen atoms in total. The van der Waals surface area contributed by atoms with Gasteiger partial charge in [-0.3, -0.25) is 4.79 Å². The standard InChI is InChI=1S/C14H29N3O/c1-4-10-17(3)11-6-5-9-14(2,13(15)18)16-12-7-8-12/h12,16H,4-11H2,1-3H3,(H2,15,18). The van der Waals surface area contributed by atoms with E-state index in [1.807, 2.05) is 6.92 Å². The fourth-order valence-electron chi connectivity index (χ4n) is 2.30. The van der Waals surface area contributed by atoms with Crippen LogP contribution in [-0.4, -0.2) is 42.5 Å². The van der Waals surface area contributed by atoms with Crippen LogP contribution in [0.4, 0.5) is 0 Å². The van der Waals surface area contributed by atoms with Crippen molar-refractivity contribution in [2.45, 2.75) is 64.0 Å². The molecule has 0 aromatic heterocycles. The Balaban J connectivity index is 2.22. The van der Waals surface area contributed by atoms with Crippen molar-refractivity contribution in [1.82, 2.24) is 10.2 Å². The highest BCUT2D eigenvalue weighted by molar-refractivity contribution is 5.84. The third kappa shape index (κ3) is 5.36. The first-order chi connectivity index (χ1) is 8.48. The zero-order valence-corrected chi connectivity index (χ0v) is 12.2. The first-order valence-electron chi connectivity index (χ1n) is 7.24. The number of nitrogens with one attached hydrogen (secondary N) is 1. The average molecular weight is 255 g/mol. The molecule has 4 heteroatoms. The summed E-state index contributed by atoms with van der Waals surface area (Å²) in [6.07, 6.45) is 6.58. The third-order valence-corrected chi connectivity index (χ3v) is 3.72. The van der Waals surface area contributed by atoms with Crippen LogP contribution < -0.4 is 11.1 Å². The van der Waals surface area contributed by atoms with Crippen LogP contribution in [0.5, 0.6) is 0 Å². The topological polar surface area (TPSA) is 58.4 Å². The van der Waals surface area contributed by atoms with Crippen molar-refractivity contribution >= 4 is 5.91 Å². The summed E-state index contributed by atoms with van der Waals surface area (Å²) in [5.74, 6) is -0.212. The molecule has 1 unspecified atom stereocenters. The first-order valence-corrected chi connectivity index (χ1v) is 7.24. The lowest BCUT2D eigenvalue weighted by molar-refractivity contribution is -0.124. The quantitative estimate of drug-likeness (QED) is 0.582. The Kier molecular flexibility index (Phi) is 6.09. The maximum absolute atomic E-state index is 11.6. The van der Waals surface area contributed by atoms with Crippen LogP contribution in [0.3, 0.4) is 0 Å². The molecule has 106 valence electrons. The van der Waals surface area contributed by atoms with Crippen molar-refractivity contribution in [2.24, 2.45) is 5.73 Å². The SMILES string of the molecule is CCCN(C)CCCCC(C)(NC1CC1)C(N)=O. The highest BCUT2D eigenvalue weighted by atomic mass is 16.1. The number of hydrogen-bond donors (Lipinski definition) is 2. The minimum Gasteiger partial charge on any atom is -0.368 e. The normalized spacial score (nSPS) is 18.9. The molecular formula is C14H29N3O. The average Bonchev–Trinajstić information content (AvgIpc) is 3.08. The van der Waals surface area contributed by atoms with E-state index in [0.29, 0.717) is 6.04 Å². The van der Waals surface area contributed by atoms with E-state index < -0.39 is 5.54 Å². The van der Waals surface area contributed by atoms with E-state index in [4.69, 9.17) is 5.73 Å². The summed E-state index contributed by atoms with van der Waals surface area (Å²) in [7, 11) is 2.15. The molecule has 1 atom stereocenters. The highest BCUT2D eigenvalue weighted by Gasteiger charge is 2.36. The maximum Gasteiger partial charge on any atom is 0.237 e. The molecule has 0 heterocycles. The zero-order chi connectivity index (χ0) is 13.6. The maximum atomic E-state index is 11.6. The van der Waals surface area contributed by atoms with Gasteiger partial charge in [-0.2, -0.15) is 0 Å². The Morgan fingerprint density at radius 3 is 2.56 bits per heavy atom. The Hall–Kier alpha value is -0.610. The molecule has 0 aliphatic heterocycles. The van der Waals surface area contributed by atoms with Crippen molar-refractivity contribution in [3.8, 4) is 0 Å². The van der Waals surface area contributed by atoms with Crippen LogP contribution in [0.15, 0.2) is 0 Å². The number of nitrogens with zero attached hydrogens (tertiary/aromatic N) is 1. The van der Waals surface area contributed by atoms with Gasteiger partial charge in [-0.15, -0.1) is 0 Å². The van der Waals surface area contributed by atoms with Crippen LogP contribution in [0.1, 0.15) is 52.4 Å². The number of nitrogens with two attached hydrogens (primary N) is 1. The lowest BCUT2D eigenvalue weighted by Crippen LogP contribution is -2.54. The zero-order valence-electron chi connectivity index (χ0n) is 12.2. The van der Waals surface area contributed by atoms with Gasteiger partial charge < -0.3 is 16.0 Å². The van der Waals surface area contributed by atoms with Crippen molar-refractivity contribution in [3.05, 3.63) is 0 Å². The van der Waals surface area contributed by atoms with Crippen LogP contribution in [-0.2, 0) is 4.79 Å². The molecule has 1 aliphatic rings. The number of unbranched alkanes of at least 4 members (excludes halogenated alkanes) is 1. The van der Waals surface area contributed by atoms with Crippen LogP contribution in [0, 0.1) is 0 Å². The summed E-state index contributed by atoms with van der Waals surface area (Å²) in [6, 6.07) is 0.519. The summed E-state index contributed by atoms with van der Waals surface area (Å²) >= 11 is 0. The fourth-order valence-corrected chi connectivity index (χ4v) is 2.30. The van der Waals surface area contributed by atoms with Crippen molar-refractivity contribution in [3.63, 3.8) is 0 Å². The van der Waals surface area contributed by atoms with E-state index in [-0.39, 0.29) is 5.91 Å². The summed E-state index contributed by atoms with van der Waals surface area (Å²) < 4.78 is 0. The van der Waals surface area contributed by atoms with Gasteiger partial charge in [0, 0.05) is 6.04 Å². The summed E-state index contributed by atoms with van der Waals surface area (Å²) in [6.45, 7) is 6.39. The van der Waals surface area contributed by atoms with Crippen molar-refractivity contribution in [1.29, 1.82) is 0 Å². The minimum absolute atomic E-state index is 0.212. The Morgan fingerprint density at radius 2 is 2.06 bits per heavy atom. The lowest BCUT2D eigenvalue weighted by atomic mass is 9.93. The smallest absolute Gasteiger partial charge is 0.237 e. The van der Waals surface area contributed by atoms with Crippen molar-refractivity contribution in [2.75, 3.05) is 20.1 Å². The van der Waals surface area contributed by atoms with Gasteiger partial charge in [-0.25, -0.2) is 0 Å². The number of carbonyl (C=O) groups excluding carboxylic acids is 1. The van der Waals surface area contributed by atoms with Crippen LogP contribution >= 0.6 is 0 Å². The lowest BCUT2D eigenvalue weighted by Gasteiger charge is -2.28. The molecule has 18 heavy (non-hydrogen) atoms. The second-order valence-corrected chi connectivity index (χ2v) is 5.88. The number of carbonyl (C=O) groups is 1. The third-order valence-electron chi connectivity index (χ3n) is 3.72. The fraction of sp³-hybridized carbons (Fsp3) is 0.929. The molecular weight excluding hydrogens is 226 g/mol. The van der Waals surface area contributed by atoms with E-state index in [1.165, 1.54) is 19.3 Å². The van der Waals surface area contributed by atoms with E-state index in [0.717, 1.165) is 32.4 Å². The Morgan fingerprint density at radius 1 is 1.39 bits per heavy atom. The monoisotopic (exact) mass is 255 g/mol.